The highest BCUT2D eigenvalue weighted by molar-refractivity contribution is 6.44. The predicted molar refractivity (Wildman–Crippen MR) is 262 cm³/mol. The summed E-state index contributed by atoms with van der Waals surface area (Å²) in [5, 5.41) is 0. The van der Waals surface area contributed by atoms with Crippen molar-refractivity contribution < 1.29 is 25.7 Å². The molecule has 0 rings (SSSR count). The van der Waals surface area contributed by atoms with Gasteiger partial charge in [-0.1, -0.05) is 211 Å². The van der Waals surface area contributed by atoms with Crippen molar-refractivity contribution in [1.29, 1.82) is 0 Å². The van der Waals surface area contributed by atoms with E-state index in [9.17, 15) is 14.4 Å². The first-order valence-electron chi connectivity index (χ1n) is 26.6. The molecule has 0 spiro atoms. The second-order valence-electron chi connectivity index (χ2n) is 17.8. The van der Waals surface area contributed by atoms with E-state index in [1.165, 1.54) is 154 Å². The van der Waals surface area contributed by atoms with Crippen LogP contribution in [-0.2, 0) is 25.7 Å². The fourth-order valence-electron chi connectivity index (χ4n) is 7.59. The summed E-state index contributed by atoms with van der Waals surface area (Å²) < 4.78 is 16.7. The number of hydrogen-bond acceptors (Lipinski definition) is 6. The summed E-state index contributed by atoms with van der Waals surface area (Å²) in [6, 6.07) is 0. The average Bonchev–Trinajstić information content (AvgIpc) is 3.25. The summed E-state index contributed by atoms with van der Waals surface area (Å²) in [5.74, 6) is -1.30. The Balaban J connectivity index is 4.42. The molecule has 0 atom stereocenters. The lowest BCUT2D eigenvalue weighted by Crippen LogP contribution is -2.34. The van der Waals surface area contributed by atoms with Gasteiger partial charge in [-0.2, -0.15) is 0 Å². The van der Waals surface area contributed by atoms with Crippen LogP contribution < -0.4 is 0 Å². The Kier molecular flexibility index (Phi) is 49.3. The zero-order valence-electron chi connectivity index (χ0n) is 40.7. The summed E-state index contributed by atoms with van der Waals surface area (Å²) in [7, 11) is 0. The fourth-order valence-corrected chi connectivity index (χ4v) is 8.73. The number of rotatable bonds is 48. The third-order valence-corrected chi connectivity index (χ3v) is 13.0. The van der Waals surface area contributed by atoms with Gasteiger partial charge in [0, 0.05) is 19.3 Å². The molecule has 0 aliphatic heterocycles. The number of unbranched alkanes of at least 4 members (excludes halogenated alkanes) is 33. The average molecular weight is 871 g/mol. The van der Waals surface area contributed by atoms with E-state index < -0.39 is 33.1 Å². The van der Waals surface area contributed by atoms with E-state index in [0.717, 1.165) is 96.3 Å². The van der Waals surface area contributed by atoms with E-state index in [-0.39, 0.29) is 19.3 Å². The summed E-state index contributed by atoms with van der Waals surface area (Å²) in [6.07, 6.45) is 61.0. The van der Waals surface area contributed by atoms with Gasteiger partial charge in [-0.15, -0.1) is 0 Å². The minimum Gasteiger partial charge on any atom is -0.551 e. The molecule has 354 valence electrons. The molecule has 0 heterocycles. The van der Waals surface area contributed by atoms with Crippen LogP contribution in [0.5, 0.6) is 0 Å². The highest BCUT2D eigenvalue weighted by Gasteiger charge is 2.48. The Morgan fingerprint density at radius 2 is 0.459 bits per heavy atom. The first-order valence-corrected chi connectivity index (χ1v) is 28.0. The van der Waals surface area contributed by atoms with Gasteiger partial charge in [0.25, 0.3) is 17.9 Å². The van der Waals surface area contributed by atoms with Gasteiger partial charge in [0.1, 0.15) is 0 Å². The van der Waals surface area contributed by atoms with Crippen LogP contribution in [0, 0.1) is 0 Å². The minimum absolute atomic E-state index is 0.249. The van der Waals surface area contributed by atoms with Crippen LogP contribution in [0.1, 0.15) is 290 Å². The van der Waals surface area contributed by atoms with Gasteiger partial charge in [0.2, 0.25) is 0 Å². The monoisotopic (exact) mass is 871 g/mol. The topological polar surface area (TPSA) is 78.9 Å². The van der Waals surface area contributed by atoms with Gasteiger partial charge >= 0.3 is 15.1 Å². The Hall–Kier alpha value is -1.84. The quantitative estimate of drug-likeness (QED) is 0.0344. The molecule has 0 saturated heterocycles. The third-order valence-electron chi connectivity index (χ3n) is 11.6. The number of allylic oxidation sites excluding steroid dienone is 6. The Morgan fingerprint density at radius 3 is 0.672 bits per heavy atom. The number of hydrogen-bond donors (Lipinski definition) is 0. The summed E-state index contributed by atoms with van der Waals surface area (Å²) in [5.41, 5.74) is 0. The van der Waals surface area contributed by atoms with Crippen molar-refractivity contribution in [3.63, 3.8) is 0 Å². The molecule has 0 aromatic rings. The van der Waals surface area contributed by atoms with Gasteiger partial charge in [-0.05, 0) is 96.3 Å². The van der Waals surface area contributed by atoms with Crippen molar-refractivity contribution in [3.8, 4) is 0 Å². The molecule has 0 radical (unpaired) electrons. The van der Waals surface area contributed by atoms with Crippen LogP contribution >= 0.6 is 0 Å². The third kappa shape index (κ3) is 49.0. The molecule has 0 bridgehead atoms. The molecular formula is C54H99AlO6. The Bertz CT molecular complexity index is 910. The molecule has 0 aliphatic rings. The molecular weight excluding hydrogens is 772 g/mol. The van der Waals surface area contributed by atoms with Crippen molar-refractivity contribution in [3.05, 3.63) is 36.5 Å². The van der Waals surface area contributed by atoms with E-state index in [2.05, 4.69) is 57.2 Å². The molecule has 0 saturated carbocycles. The summed E-state index contributed by atoms with van der Waals surface area (Å²) >= 11 is -3.26. The fraction of sp³-hybridized carbons (Fsp3) is 0.833. The van der Waals surface area contributed by atoms with E-state index in [1.54, 1.807) is 0 Å². The highest BCUT2D eigenvalue weighted by Crippen LogP contribution is 2.15. The largest absolute Gasteiger partial charge is 1.20 e. The lowest BCUT2D eigenvalue weighted by Gasteiger charge is -2.14. The summed E-state index contributed by atoms with van der Waals surface area (Å²) in [4.78, 5) is 38.3. The maximum Gasteiger partial charge on any atom is 1.20 e. The van der Waals surface area contributed by atoms with Crippen LogP contribution in [0.3, 0.4) is 0 Å². The van der Waals surface area contributed by atoms with Crippen molar-refractivity contribution >= 4 is 33.1 Å². The highest BCUT2D eigenvalue weighted by atomic mass is 27.3. The Labute approximate surface area is 384 Å². The normalized spacial score (nSPS) is 11.7. The molecule has 0 aromatic heterocycles. The zero-order chi connectivity index (χ0) is 44.4. The maximum absolute atomic E-state index is 12.8. The first-order chi connectivity index (χ1) is 30.0. The van der Waals surface area contributed by atoms with Crippen LogP contribution in [0.25, 0.3) is 0 Å². The van der Waals surface area contributed by atoms with Crippen molar-refractivity contribution in [2.75, 3.05) is 0 Å². The van der Waals surface area contributed by atoms with E-state index in [0.29, 0.717) is 0 Å². The zero-order valence-corrected chi connectivity index (χ0v) is 41.8. The smallest absolute Gasteiger partial charge is 0.551 e. The molecule has 6 nitrogen and oxygen atoms in total. The van der Waals surface area contributed by atoms with Gasteiger partial charge in [0.05, 0.1) is 0 Å². The molecule has 0 aromatic carbocycles. The molecule has 0 N–H and O–H groups in total. The van der Waals surface area contributed by atoms with Gasteiger partial charge in [0.15, 0.2) is 0 Å². The molecule has 0 amide bonds. The first kappa shape index (κ1) is 59.2. The lowest BCUT2D eigenvalue weighted by molar-refractivity contribution is -0.148. The van der Waals surface area contributed by atoms with Crippen LogP contribution in [-0.4, -0.2) is 33.1 Å². The minimum atomic E-state index is -3.26. The standard InChI is InChI=1S/3C18H34O2.Al/c3*1-2-3-4-5-6-7-8-9-10-11-12-13-14-15-16-17-18(19)20;/h3*9-10H,2-8,11-17H2,1H3,(H,19,20);/q;;;+3/p-3/b3*10-9+;. The molecule has 0 fully saturated rings. The predicted octanol–water partition coefficient (Wildman–Crippen LogP) is 17.7. The van der Waals surface area contributed by atoms with Gasteiger partial charge in [-0.3, -0.25) is 14.4 Å². The molecule has 0 unspecified atom stereocenters. The van der Waals surface area contributed by atoms with Crippen molar-refractivity contribution in [2.24, 2.45) is 0 Å². The molecule has 61 heavy (non-hydrogen) atoms. The summed E-state index contributed by atoms with van der Waals surface area (Å²) in [6.45, 7) is 6.78. The second kappa shape index (κ2) is 50.8. The molecule has 0 aliphatic carbocycles. The van der Waals surface area contributed by atoms with Crippen LogP contribution in [0.4, 0.5) is 0 Å². The van der Waals surface area contributed by atoms with Crippen molar-refractivity contribution in [2.45, 2.75) is 290 Å². The van der Waals surface area contributed by atoms with Gasteiger partial charge in [-0.25, -0.2) is 0 Å². The SMILES string of the molecule is CCCCCCCC/C=C/CCCCCCCC(=O)[O][Al]([O]C(=O)CCCCCCC/C=C/CCCCCCCC)[O]C(=O)CCCCCCC/C=C/CCCCCCCC. The maximum atomic E-state index is 12.8. The number of carbonyl (C=O) groups excluding carboxylic acids is 3. The van der Waals surface area contributed by atoms with Crippen LogP contribution in [0.2, 0.25) is 0 Å². The van der Waals surface area contributed by atoms with Gasteiger partial charge < -0.3 is 11.4 Å². The van der Waals surface area contributed by atoms with Crippen molar-refractivity contribution in [1.82, 2.24) is 0 Å². The van der Waals surface area contributed by atoms with E-state index in [1.807, 2.05) is 0 Å². The lowest BCUT2D eigenvalue weighted by atomic mass is 10.1. The van der Waals surface area contributed by atoms with E-state index >= 15 is 0 Å². The van der Waals surface area contributed by atoms with E-state index in [4.69, 9.17) is 11.4 Å². The molecule has 7 heteroatoms. The van der Waals surface area contributed by atoms with Crippen LogP contribution in [0.15, 0.2) is 36.5 Å². The Morgan fingerprint density at radius 1 is 0.279 bits per heavy atom. The second-order valence-corrected chi connectivity index (χ2v) is 19.0. The number of carbonyl (C=O) groups is 3.